The van der Waals surface area contributed by atoms with Crippen molar-refractivity contribution in [2.45, 2.75) is 19.3 Å². The second-order valence-corrected chi connectivity index (χ2v) is 7.36. The van der Waals surface area contributed by atoms with E-state index in [9.17, 15) is 9.59 Å². The molecule has 0 spiro atoms. The van der Waals surface area contributed by atoms with E-state index in [0.717, 1.165) is 43.7 Å². The molecule has 1 heterocycles. The smallest absolute Gasteiger partial charge is 0.255 e. The third-order valence-corrected chi connectivity index (χ3v) is 5.03. The number of para-hydroxylation sites is 1. The van der Waals surface area contributed by atoms with Crippen LogP contribution in [0.25, 0.3) is 6.08 Å². The standard InChI is InChI=1S/C23H25N3O3S/c1-29-18-12-9-17(10-13-18)11-14-21(27)25-23(30)24-20-8-4-3-7-19(20)22(28)26-15-5-2-6-16-26/h3-4,7-14H,2,5-6,15-16H2,1H3,(H2,24,25,27,30). The molecule has 6 nitrogen and oxygen atoms in total. The second kappa shape index (κ2) is 10.5. The van der Waals surface area contributed by atoms with E-state index < -0.39 is 0 Å². The quantitative estimate of drug-likeness (QED) is 0.565. The fourth-order valence-corrected chi connectivity index (χ4v) is 3.45. The molecular formula is C23H25N3O3S. The molecule has 2 aromatic rings. The SMILES string of the molecule is COc1ccc(C=CC(=O)NC(=S)Nc2ccccc2C(=O)N2CCCCC2)cc1. The Bertz CT molecular complexity index is 935. The highest BCUT2D eigenvalue weighted by Gasteiger charge is 2.20. The van der Waals surface area contributed by atoms with Crippen molar-refractivity contribution < 1.29 is 14.3 Å². The number of hydrogen-bond donors (Lipinski definition) is 2. The van der Waals surface area contributed by atoms with Crippen LogP contribution in [0.4, 0.5) is 5.69 Å². The number of carbonyl (C=O) groups is 2. The Morgan fingerprint density at radius 3 is 2.43 bits per heavy atom. The number of hydrogen-bond acceptors (Lipinski definition) is 4. The molecule has 3 rings (SSSR count). The van der Waals surface area contributed by atoms with Crippen molar-refractivity contribution in [2.24, 2.45) is 0 Å². The Labute approximate surface area is 181 Å². The van der Waals surface area contributed by atoms with Crippen LogP contribution < -0.4 is 15.4 Å². The Morgan fingerprint density at radius 2 is 1.73 bits per heavy atom. The zero-order valence-corrected chi connectivity index (χ0v) is 17.7. The summed E-state index contributed by atoms with van der Waals surface area (Å²) in [5.74, 6) is 0.370. The van der Waals surface area contributed by atoms with E-state index in [1.165, 1.54) is 6.08 Å². The normalized spacial score (nSPS) is 13.7. The summed E-state index contributed by atoms with van der Waals surface area (Å²) >= 11 is 5.26. The van der Waals surface area contributed by atoms with Gasteiger partial charge in [-0.3, -0.25) is 14.9 Å². The van der Waals surface area contributed by atoms with E-state index in [1.807, 2.05) is 41.3 Å². The van der Waals surface area contributed by atoms with E-state index in [4.69, 9.17) is 17.0 Å². The van der Waals surface area contributed by atoms with E-state index in [2.05, 4.69) is 10.6 Å². The van der Waals surface area contributed by atoms with Crippen LogP contribution >= 0.6 is 12.2 Å². The minimum atomic E-state index is -0.358. The number of ether oxygens (including phenoxy) is 1. The summed E-state index contributed by atoms with van der Waals surface area (Å²) in [7, 11) is 1.60. The van der Waals surface area contributed by atoms with Crippen LogP contribution in [-0.2, 0) is 4.79 Å². The number of piperidine rings is 1. The molecule has 0 aliphatic carbocycles. The zero-order chi connectivity index (χ0) is 21.3. The number of anilines is 1. The molecule has 1 aliphatic heterocycles. The van der Waals surface area contributed by atoms with Gasteiger partial charge in [0, 0.05) is 19.2 Å². The summed E-state index contributed by atoms with van der Waals surface area (Å²) in [5.41, 5.74) is 1.99. The Balaban J connectivity index is 1.59. The minimum Gasteiger partial charge on any atom is -0.497 e. The number of nitrogens with one attached hydrogen (secondary N) is 2. The molecule has 1 fully saturated rings. The number of likely N-dealkylation sites (tertiary alicyclic amines) is 1. The summed E-state index contributed by atoms with van der Waals surface area (Å²) in [6.45, 7) is 1.54. The number of rotatable bonds is 5. The van der Waals surface area contributed by atoms with Gasteiger partial charge in [0.1, 0.15) is 5.75 Å². The van der Waals surface area contributed by atoms with Gasteiger partial charge in [-0.05, 0) is 67.4 Å². The third-order valence-electron chi connectivity index (χ3n) is 4.83. The number of methoxy groups -OCH3 is 1. The van der Waals surface area contributed by atoms with Gasteiger partial charge < -0.3 is 15.0 Å². The molecule has 0 bridgehead atoms. The second-order valence-electron chi connectivity index (χ2n) is 6.95. The lowest BCUT2D eigenvalue weighted by Gasteiger charge is -2.27. The van der Waals surface area contributed by atoms with Gasteiger partial charge in [-0.25, -0.2) is 0 Å². The highest BCUT2D eigenvalue weighted by atomic mass is 32.1. The monoisotopic (exact) mass is 423 g/mol. The van der Waals surface area contributed by atoms with Crippen LogP contribution in [-0.4, -0.2) is 42.0 Å². The molecule has 0 aromatic heterocycles. The van der Waals surface area contributed by atoms with Gasteiger partial charge in [0.2, 0.25) is 5.91 Å². The average molecular weight is 424 g/mol. The van der Waals surface area contributed by atoms with Crippen LogP contribution in [0, 0.1) is 0 Å². The maximum atomic E-state index is 12.9. The van der Waals surface area contributed by atoms with Crippen molar-refractivity contribution in [3.8, 4) is 5.75 Å². The van der Waals surface area contributed by atoms with Crippen LogP contribution in [0.5, 0.6) is 5.75 Å². The van der Waals surface area contributed by atoms with Crippen molar-refractivity contribution in [2.75, 3.05) is 25.5 Å². The molecule has 2 N–H and O–H groups in total. The Kier molecular flexibility index (Phi) is 7.57. The first-order valence-corrected chi connectivity index (χ1v) is 10.3. The van der Waals surface area contributed by atoms with E-state index in [-0.39, 0.29) is 16.9 Å². The fourth-order valence-electron chi connectivity index (χ4n) is 3.24. The van der Waals surface area contributed by atoms with Crippen molar-refractivity contribution in [3.05, 3.63) is 65.7 Å². The largest absolute Gasteiger partial charge is 0.497 e. The highest BCUT2D eigenvalue weighted by Crippen LogP contribution is 2.20. The fraction of sp³-hybridized carbons (Fsp3) is 0.261. The predicted molar refractivity (Wildman–Crippen MR) is 123 cm³/mol. The molecule has 30 heavy (non-hydrogen) atoms. The van der Waals surface area contributed by atoms with Gasteiger partial charge >= 0.3 is 0 Å². The number of nitrogens with zero attached hydrogens (tertiary/aromatic N) is 1. The molecule has 156 valence electrons. The van der Waals surface area contributed by atoms with Gasteiger partial charge in [-0.2, -0.15) is 0 Å². The minimum absolute atomic E-state index is 0.0219. The lowest BCUT2D eigenvalue weighted by Crippen LogP contribution is -2.37. The molecule has 2 aromatic carbocycles. The van der Waals surface area contributed by atoms with E-state index in [0.29, 0.717) is 11.3 Å². The molecule has 0 atom stereocenters. The molecule has 0 radical (unpaired) electrons. The summed E-state index contributed by atoms with van der Waals surface area (Å²) in [6, 6.07) is 14.5. The molecule has 2 amide bonds. The van der Waals surface area contributed by atoms with Crippen molar-refractivity contribution in [1.82, 2.24) is 10.2 Å². The van der Waals surface area contributed by atoms with Gasteiger partial charge in [0.15, 0.2) is 5.11 Å². The summed E-state index contributed by atoms with van der Waals surface area (Å²) < 4.78 is 5.11. The summed E-state index contributed by atoms with van der Waals surface area (Å²) in [4.78, 5) is 26.9. The molecule has 0 saturated carbocycles. The Morgan fingerprint density at radius 1 is 1.03 bits per heavy atom. The predicted octanol–water partition coefficient (Wildman–Crippen LogP) is 3.85. The summed E-state index contributed by atoms with van der Waals surface area (Å²) in [5, 5.41) is 5.73. The number of carbonyl (C=O) groups excluding carboxylic acids is 2. The molecule has 1 saturated heterocycles. The highest BCUT2D eigenvalue weighted by molar-refractivity contribution is 7.80. The Hall–Kier alpha value is -3.19. The van der Waals surface area contributed by atoms with Gasteiger partial charge in [0.25, 0.3) is 5.91 Å². The van der Waals surface area contributed by atoms with Crippen LogP contribution in [0.15, 0.2) is 54.6 Å². The van der Waals surface area contributed by atoms with Crippen LogP contribution in [0.3, 0.4) is 0 Å². The first-order valence-electron chi connectivity index (χ1n) is 9.89. The lowest BCUT2D eigenvalue weighted by atomic mass is 10.1. The maximum Gasteiger partial charge on any atom is 0.255 e. The lowest BCUT2D eigenvalue weighted by molar-refractivity contribution is -0.115. The first-order chi connectivity index (χ1) is 14.6. The molecule has 1 aliphatic rings. The third kappa shape index (κ3) is 5.90. The molecule has 0 unspecified atom stereocenters. The zero-order valence-electron chi connectivity index (χ0n) is 16.9. The molecular weight excluding hydrogens is 398 g/mol. The first kappa shape index (κ1) is 21.5. The van der Waals surface area contributed by atoms with Crippen LogP contribution in [0.2, 0.25) is 0 Å². The number of amides is 2. The maximum absolute atomic E-state index is 12.9. The summed E-state index contributed by atoms with van der Waals surface area (Å²) in [6.07, 6.45) is 6.29. The van der Waals surface area contributed by atoms with E-state index >= 15 is 0 Å². The number of thiocarbonyl (C=S) groups is 1. The number of benzene rings is 2. The van der Waals surface area contributed by atoms with Crippen molar-refractivity contribution in [3.63, 3.8) is 0 Å². The van der Waals surface area contributed by atoms with E-state index in [1.54, 1.807) is 25.3 Å². The van der Waals surface area contributed by atoms with Crippen LogP contribution in [0.1, 0.15) is 35.2 Å². The van der Waals surface area contributed by atoms with Crippen molar-refractivity contribution in [1.29, 1.82) is 0 Å². The topological polar surface area (TPSA) is 70.7 Å². The molecule has 7 heteroatoms. The van der Waals surface area contributed by atoms with Gasteiger partial charge in [0.05, 0.1) is 18.4 Å². The van der Waals surface area contributed by atoms with Gasteiger partial charge in [-0.1, -0.05) is 24.3 Å². The van der Waals surface area contributed by atoms with Crippen molar-refractivity contribution >= 4 is 40.9 Å². The average Bonchev–Trinajstić information content (AvgIpc) is 2.78. The van der Waals surface area contributed by atoms with Gasteiger partial charge in [-0.15, -0.1) is 0 Å².